The summed E-state index contributed by atoms with van der Waals surface area (Å²) in [6.45, 7) is 0. The van der Waals surface area contributed by atoms with Crippen LogP contribution in [0.1, 0.15) is 44.9 Å². The van der Waals surface area contributed by atoms with Gasteiger partial charge in [-0.3, -0.25) is 0 Å². The molecule has 0 aliphatic heterocycles. The minimum Gasteiger partial charge on any atom is -0.327 e. The van der Waals surface area contributed by atoms with Gasteiger partial charge in [0.1, 0.15) is 0 Å². The molecule has 0 spiro atoms. The number of nitrogens with two attached hydrogens (primary N) is 1. The average Bonchev–Trinajstić information content (AvgIpc) is 2.44. The number of hydrogen-bond acceptors (Lipinski definition) is 1. The smallest absolute Gasteiger partial charge is 0.0164 e. The molecular formula is C10H17N. The molecule has 1 unspecified atom stereocenters. The van der Waals surface area contributed by atoms with E-state index in [1.807, 2.05) is 0 Å². The first kappa shape index (κ1) is 6.47. The molecule has 62 valence electrons. The monoisotopic (exact) mass is 151 g/mol. The van der Waals surface area contributed by atoms with Crippen LogP contribution in [0, 0.1) is 10.8 Å². The van der Waals surface area contributed by atoms with Gasteiger partial charge in [-0.25, -0.2) is 0 Å². The van der Waals surface area contributed by atoms with Crippen molar-refractivity contribution in [1.82, 2.24) is 0 Å². The quantitative estimate of drug-likeness (QED) is 0.563. The second-order valence-electron chi connectivity index (χ2n) is 4.85. The molecule has 2 N–H and O–H groups in total. The van der Waals surface area contributed by atoms with Crippen LogP contribution in [0.2, 0.25) is 0 Å². The van der Waals surface area contributed by atoms with Gasteiger partial charge in [-0.15, -0.1) is 0 Å². The summed E-state index contributed by atoms with van der Waals surface area (Å²) in [6, 6.07) is 0.603. The van der Waals surface area contributed by atoms with Crippen molar-refractivity contribution in [2.24, 2.45) is 16.6 Å². The van der Waals surface area contributed by atoms with Gasteiger partial charge in [0, 0.05) is 6.04 Å². The van der Waals surface area contributed by atoms with E-state index in [0.717, 1.165) is 0 Å². The van der Waals surface area contributed by atoms with E-state index >= 15 is 0 Å². The lowest BCUT2D eigenvalue weighted by Gasteiger charge is -2.22. The fourth-order valence-electron chi connectivity index (χ4n) is 4.24. The lowest BCUT2D eigenvalue weighted by atomic mass is 9.82. The largest absolute Gasteiger partial charge is 0.327 e. The van der Waals surface area contributed by atoms with Crippen molar-refractivity contribution in [1.29, 1.82) is 0 Å². The molecule has 3 aliphatic carbocycles. The molecule has 0 aromatic heterocycles. The van der Waals surface area contributed by atoms with Crippen molar-refractivity contribution in [2.45, 2.75) is 51.0 Å². The Morgan fingerprint density at radius 1 is 0.818 bits per heavy atom. The summed E-state index contributed by atoms with van der Waals surface area (Å²) in [6.07, 6.45) is 10.2. The van der Waals surface area contributed by atoms with Crippen LogP contribution in [-0.2, 0) is 0 Å². The van der Waals surface area contributed by atoms with E-state index in [4.69, 9.17) is 5.73 Å². The average molecular weight is 151 g/mol. The van der Waals surface area contributed by atoms with E-state index < -0.39 is 0 Å². The summed E-state index contributed by atoms with van der Waals surface area (Å²) in [4.78, 5) is 0. The van der Waals surface area contributed by atoms with Crippen LogP contribution in [0.25, 0.3) is 0 Å². The van der Waals surface area contributed by atoms with Crippen LogP contribution >= 0.6 is 0 Å². The molecule has 3 fully saturated rings. The van der Waals surface area contributed by atoms with Crippen molar-refractivity contribution in [2.75, 3.05) is 0 Å². The van der Waals surface area contributed by atoms with Crippen LogP contribution in [0.5, 0.6) is 0 Å². The van der Waals surface area contributed by atoms with E-state index in [-0.39, 0.29) is 0 Å². The first-order valence-corrected chi connectivity index (χ1v) is 5.07. The predicted octanol–water partition coefficient (Wildman–Crippen LogP) is 2.06. The molecule has 0 aromatic carbocycles. The van der Waals surface area contributed by atoms with Crippen LogP contribution in [0.3, 0.4) is 0 Å². The Morgan fingerprint density at radius 2 is 1.27 bits per heavy atom. The molecule has 0 saturated heterocycles. The summed E-state index contributed by atoms with van der Waals surface area (Å²) in [7, 11) is 0. The standard InChI is InChI=1S/C10H17N/c11-8-9-4-1-2-5-10(8,9)7-3-6-9/h8H,1-7,11H2/t8?,9-,10+. The second kappa shape index (κ2) is 1.66. The highest BCUT2D eigenvalue weighted by atomic mass is 14.9. The minimum atomic E-state index is 0.603. The zero-order chi connectivity index (χ0) is 7.53. The molecule has 1 nitrogen and oxygen atoms in total. The highest BCUT2D eigenvalue weighted by molar-refractivity contribution is 5.28. The Bertz CT molecular complexity index is 181. The molecule has 0 bridgehead atoms. The van der Waals surface area contributed by atoms with E-state index in [9.17, 15) is 0 Å². The zero-order valence-electron chi connectivity index (χ0n) is 7.10. The Hall–Kier alpha value is -0.0400. The van der Waals surface area contributed by atoms with Gasteiger partial charge in [0.15, 0.2) is 0 Å². The molecule has 3 rings (SSSR count). The molecular weight excluding hydrogens is 134 g/mol. The molecule has 0 radical (unpaired) electrons. The van der Waals surface area contributed by atoms with E-state index in [2.05, 4.69) is 0 Å². The second-order valence-corrected chi connectivity index (χ2v) is 4.85. The zero-order valence-corrected chi connectivity index (χ0v) is 7.10. The van der Waals surface area contributed by atoms with Crippen LogP contribution < -0.4 is 5.73 Å². The third-order valence-electron chi connectivity index (χ3n) is 4.84. The first-order valence-electron chi connectivity index (χ1n) is 5.07. The van der Waals surface area contributed by atoms with Gasteiger partial charge >= 0.3 is 0 Å². The molecule has 0 aromatic rings. The van der Waals surface area contributed by atoms with Crippen LogP contribution in [-0.4, -0.2) is 6.04 Å². The SMILES string of the molecule is NC1[C@@]23CCCC[C@@]12CCC3. The van der Waals surface area contributed by atoms with Crippen LogP contribution in [0.4, 0.5) is 0 Å². The van der Waals surface area contributed by atoms with Gasteiger partial charge in [-0.1, -0.05) is 19.3 Å². The molecule has 3 atom stereocenters. The van der Waals surface area contributed by atoms with E-state index in [1.54, 1.807) is 0 Å². The summed E-state index contributed by atoms with van der Waals surface area (Å²) < 4.78 is 0. The lowest BCUT2D eigenvalue weighted by Crippen LogP contribution is -2.14. The molecule has 0 heterocycles. The first-order chi connectivity index (χ1) is 5.32. The fourth-order valence-corrected chi connectivity index (χ4v) is 4.24. The Balaban J connectivity index is 1.99. The van der Waals surface area contributed by atoms with Crippen LogP contribution in [0.15, 0.2) is 0 Å². The van der Waals surface area contributed by atoms with Gasteiger partial charge in [-0.2, -0.15) is 0 Å². The van der Waals surface area contributed by atoms with E-state index in [0.29, 0.717) is 16.9 Å². The third kappa shape index (κ3) is 0.488. The van der Waals surface area contributed by atoms with Crippen molar-refractivity contribution in [3.8, 4) is 0 Å². The molecule has 3 aliphatic rings. The fraction of sp³-hybridized carbons (Fsp3) is 1.00. The maximum absolute atomic E-state index is 6.20. The summed E-state index contributed by atoms with van der Waals surface area (Å²) in [5.74, 6) is 0. The number of rotatable bonds is 0. The topological polar surface area (TPSA) is 26.0 Å². The summed E-state index contributed by atoms with van der Waals surface area (Å²) >= 11 is 0. The minimum absolute atomic E-state index is 0.603. The van der Waals surface area contributed by atoms with Crippen molar-refractivity contribution in [3.05, 3.63) is 0 Å². The maximum Gasteiger partial charge on any atom is 0.0164 e. The van der Waals surface area contributed by atoms with Gasteiger partial charge in [0.2, 0.25) is 0 Å². The van der Waals surface area contributed by atoms with Gasteiger partial charge < -0.3 is 5.73 Å². The molecule has 11 heavy (non-hydrogen) atoms. The molecule has 3 saturated carbocycles. The Morgan fingerprint density at radius 3 is 1.82 bits per heavy atom. The Kier molecular flexibility index (Phi) is 0.976. The molecule has 1 heteroatoms. The lowest BCUT2D eigenvalue weighted by molar-refractivity contribution is 0.277. The highest BCUT2D eigenvalue weighted by Crippen LogP contribution is 2.78. The Labute approximate surface area is 68.3 Å². The number of hydrogen-bond donors (Lipinski definition) is 1. The predicted molar refractivity (Wildman–Crippen MR) is 45.2 cm³/mol. The van der Waals surface area contributed by atoms with Gasteiger partial charge in [0.05, 0.1) is 0 Å². The summed E-state index contributed by atoms with van der Waals surface area (Å²) in [5, 5.41) is 0. The highest BCUT2D eigenvalue weighted by Gasteiger charge is 2.75. The summed E-state index contributed by atoms with van der Waals surface area (Å²) in [5.41, 5.74) is 7.55. The maximum atomic E-state index is 6.20. The van der Waals surface area contributed by atoms with Crippen molar-refractivity contribution >= 4 is 0 Å². The van der Waals surface area contributed by atoms with Crippen molar-refractivity contribution < 1.29 is 0 Å². The molecule has 0 amide bonds. The van der Waals surface area contributed by atoms with Gasteiger partial charge in [-0.05, 0) is 36.5 Å². The third-order valence-corrected chi connectivity index (χ3v) is 4.84. The normalized spacial score (nSPS) is 60.3. The van der Waals surface area contributed by atoms with E-state index in [1.165, 1.54) is 44.9 Å². The van der Waals surface area contributed by atoms with Crippen molar-refractivity contribution in [3.63, 3.8) is 0 Å². The van der Waals surface area contributed by atoms with Gasteiger partial charge in [0.25, 0.3) is 0 Å².